The minimum atomic E-state index is 0.144. The molecule has 0 bridgehead atoms. The fourth-order valence-electron chi connectivity index (χ4n) is 1.33. The molecule has 1 rings (SSSR count). The van der Waals surface area contributed by atoms with E-state index in [1.54, 1.807) is 0 Å². The zero-order valence-electron chi connectivity index (χ0n) is 9.00. The standard InChI is InChI=1S/C10H20N2O/c1-7(2)8(3)10(13)12(4)9-5-11-6-9/h7-9,11H,5-6H2,1-4H3. The Bertz CT molecular complexity index is 187. The Morgan fingerprint density at radius 2 is 1.92 bits per heavy atom. The van der Waals surface area contributed by atoms with Crippen LogP contribution in [0.4, 0.5) is 0 Å². The molecule has 0 aromatic heterocycles. The van der Waals surface area contributed by atoms with Gasteiger partial charge >= 0.3 is 0 Å². The van der Waals surface area contributed by atoms with Gasteiger partial charge in [0.15, 0.2) is 0 Å². The molecule has 3 nitrogen and oxygen atoms in total. The molecule has 76 valence electrons. The second-order valence-electron chi connectivity index (χ2n) is 4.29. The lowest BCUT2D eigenvalue weighted by Crippen LogP contribution is -2.58. The van der Waals surface area contributed by atoms with Crippen LogP contribution in [-0.4, -0.2) is 37.0 Å². The van der Waals surface area contributed by atoms with Crippen molar-refractivity contribution in [3.05, 3.63) is 0 Å². The summed E-state index contributed by atoms with van der Waals surface area (Å²) in [5.41, 5.74) is 0. The van der Waals surface area contributed by atoms with Crippen LogP contribution in [0, 0.1) is 11.8 Å². The monoisotopic (exact) mass is 184 g/mol. The summed E-state index contributed by atoms with van der Waals surface area (Å²) in [4.78, 5) is 13.7. The molecular weight excluding hydrogens is 164 g/mol. The first kappa shape index (κ1) is 10.5. The van der Waals surface area contributed by atoms with E-state index in [0.717, 1.165) is 13.1 Å². The highest BCUT2D eigenvalue weighted by Gasteiger charge is 2.28. The topological polar surface area (TPSA) is 32.3 Å². The van der Waals surface area contributed by atoms with Crippen molar-refractivity contribution in [2.75, 3.05) is 20.1 Å². The molecule has 1 saturated heterocycles. The fourth-order valence-corrected chi connectivity index (χ4v) is 1.33. The molecule has 0 aromatic carbocycles. The predicted molar refractivity (Wildman–Crippen MR) is 53.4 cm³/mol. The molecule has 1 atom stereocenters. The zero-order valence-corrected chi connectivity index (χ0v) is 9.00. The van der Waals surface area contributed by atoms with Crippen molar-refractivity contribution in [3.8, 4) is 0 Å². The van der Waals surface area contributed by atoms with Crippen molar-refractivity contribution in [1.82, 2.24) is 10.2 Å². The van der Waals surface area contributed by atoms with Crippen LogP contribution in [0.2, 0.25) is 0 Å². The van der Waals surface area contributed by atoms with E-state index in [2.05, 4.69) is 19.2 Å². The van der Waals surface area contributed by atoms with Crippen LogP contribution in [0.3, 0.4) is 0 Å². The Kier molecular flexibility index (Phi) is 3.31. The van der Waals surface area contributed by atoms with Gasteiger partial charge in [-0.1, -0.05) is 20.8 Å². The van der Waals surface area contributed by atoms with Gasteiger partial charge in [-0.3, -0.25) is 4.79 Å². The molecular formula is C10H20N2O. The van der Waals surface area contributed by atoms with Gasteiger partial charge in [0.1, 0.15) is 0 Å². The minimum Gasteiger partial charge on any atom is -0.340 e. The van der Waals surface area contributed by atoms with Crippen molar-refractivity contribution >= 4 is 5.91 Å². The van der Waals surface area contributed by atoms with E-state index >= 15 is 0 Å². The van der Waals surface area contributed by atoms with Gasteiger partial charge in [0.05, 0.1) is 6.04 Å². The zero-order chi connectivity index (χ0) is 10.0. The number of likely N-dealkylation sites (N-methyl/N-ethyl adjacent to an activating group) is 1. The van der Waals surface area contributed by atoms with E-state index in [9.17, 15) is 4.79 Å². The Morgan fingerprint density at radius 3 is 2.23 bits per heavy atom. The molecule has 0 aliphatic carbocycles. The molecule has 0 aromatic rings. The lowest BCUT2D eigenvalue weighted by Gasteiger charge is -2.37. The highest BCUT2D eigenvalue weighted by molar-refractivity contribution is 5.78. The van der Waals surface area contributed by atoms with E-state index in [1.165, 1.54) is 0 Å². The van der Waals surface area contributed by atoms with Gasteiger partial charge in [-0.05, 0) is 5.92 Å². The number of carbonyl (C=O) groups is 1. The summed E-state index contributed by atoms with van der Waals surface area (Å²) >= 11 is 0. The van der Waals surface area contributed by atoms with Crippen molar-refractivity contribution in [2.45, 2.75) is 26.8 Å². The number of hydrogen-bond donors (Lipinski definition) is 1. The van der Waals surface area contributed by atoms with Crippen LogP contribution < -0.4 is 5.32 Å². The van der Waals surface area contributed by atoms with Gasteiger partial charge in [0.2, 0.25) is 5.91 Å². The van der Waals surface area contributed by atoms with Gasteiger partial charge in [-0.2, -0.15) is 0 Å². The third-order valence-electron chi connectivity index (χ3n) is 3.04. The number of rotatable bonds is 3. The van der Waals surface area contributed by atoms with Crippen LogP contribution >= 0.6 is 0 Å². The first-order valence-corrected chi connectivity index (χ1v) is 5.01. The number of amides is 1. The summed E-state index contributed by atoms with van der Waals surface area (Å²) in [6, 6.07) is 0.425. The molecule has 0 saturated carbocycles. The van der Waals surface area contributed by atoms with Gasteiger partial charge in [-0.25, -0.2) is 0 Å². The molecule has 1 heterocycles. The van der Waals surface area contributed by atoms with Gasteiger partial charge < -0.3 is 10.2 Å². The third-order valence-corrected chi connectivity index (χ3v) is 3.04. The summed E-state index contributed by atoms with van der Waals surface area (Å²) in [6.45, 7) is 8.10. The van der Waals surface area contributed by atoms with Crippen LogP contribution in [0.15, 0.2) is 0 Å². The van der Waals surface area contributed by atoms with Crippen LogP contribution in [0.1, 0.15) is 20.8 Å². The largest absolute Gasteiger partial charge is 0.340 e. The highest BCUT2D eigenvalue weighted by Crippen LogP contribution is 2.15. The summed E-state index contributed by atoms with van der Waals surface area (Å²) in [5, 5.41) is 3.17. The smallest absolute Gasteiger partial charge is 0.225 e. The molecule has 1 aliphatic rings. The normalized spacial score (nSPS) is 19.8. The van der Waals surface area contributed by atoms with E-state index in [1.807, 2.05) is 18.9 Å². The summed E-state index contributed by atoms with van der Waals surface area (Å²) in [7, 11) is 1.91. The quantitative estimate of drug-likeness (QED) is 0.700. The average molecular weight is 184 g/mol. The number of hydrogen-bond acceptors (Lipinski definition) is 2. The second-order valence-corrected chi connectivity index (χ2v) is 4.29. The van der Waals surface area contributed by atoms with E-state index in [-0.39, 0.29) is 11.8 Å². The maximum atomic E-state index is 11.8. The summed E-state index contributed by atoms with van der Waals surface area (Å²) < 4.78 is 0. The molecule has 1 amide bonds. The Morgan fingerprint density at radius 1 is 1.38 bits per heavy atom. The van der Waals surface area contributed by atoms with Gasteiger partial charge in [-0.15, -0.1) is 0 Å². The minimum absolute atomic E-state index is 0.144. The molecule has 1 unspecified atom stereocenters. The van der Waals surface area contributed by atoms with E-state index < -0.39 is 0 Å². The predicted octanol–water partition coefficient (Wildman–Crippen LogP) is 0.709. The number of carbonyl (C=O) groups excluding carboxylic acids is 1. The van der Waals surface area contributed by atoms with E-state index in [4.69, 9.17) is 0 Å². The van der Waals surface area contributed by atoms with Gasteiger partial charge in [0.25, 0.3) is 0 Å². The maximum absolute atomic E-state index is 11.8. The molecule has 1 N–H and O–H groups in total. The number of nitrogens with zero attached hydrogens (tertiary/aromatic N) is 1. The molecule has 0 spiro atoms. The van der Waals surface area contributed by atoms with Crippen molar-refractivity contribution in [2.24, 2.45) is 11.8 Å². The maximum Gasteiger partial charge on any atom is 0.225 e. The lowest BCUT2D eigenvalue weighted by atomic mass is 9.95. The first-order valence-electron chi connectivity index (χ1n) is 5.01. The van der Waals surface area contributed by atoms with Gasteiger partial charge in [0, 0.05) is 26.1 Å². The number of nitrogens with one attached hydrogen (secondary N) is 1. The third kappa shape index (κ3) is 2.21. The van der Waals surface area contributed by atoms with Crippen LogP contribution in [0.25, 0.3) is 0 Å². The Hall–Kier alpha value is -0.570. The van der Waals surface area contributed by atoms with Crippen LogP contribution in [-0.2, 0) is 4.79 Å². The van der Waals surface area contributed by atoms with Crippen molar-refractivity contribution in [3.63, 3.8) is 0 Å². The first-order chi connectivity index (χ1) is 6.04. The fraction of sp³-hybridized carbons (Fsp3) is 0.900. The van der Waals surface area contributed by atoms with Crippen molar-refractivity contribution < 1.29 is 4.79 Å². The second kappa shape index (κ2) is 4.09. The molecule has 1 aliphatic heterocycles. The molecule has 13 heavy (non-hydrogen) atoms. The Balaban J connectivity index is 2.45. The van der Waals surface area contributed by atoms with Crippen LogP contribution in [0.5, 0.6) is 0 Å². The van der Waals surface area contributed by atoms with E-state index in [0.29, 0.717) is 12.0 Å². The summed E-state index contributed by atoms with van der Waals surface area (Å²) in [5.74, 6) is 0.857. The van der Waals surface area contributed by atoms with Crippen molar-refractivity contribution in [1.29, 1.82) is 0 Å². The Labute approximate surface area is 80.5 Å². The molecule has 3 heteroatoms. The highest BCUT2D eigenvalue weighted by atomic mass is 16.2. The average Bonchev–Trinajstić information content (AvgIpc) is 1.98. The molecule has 1 fully saturated rings. The lowest BCUT2D eigenvalue weighted by molar-refractivity contribution is -0.138. The molecule has 0 radical (unpaired) electrons. The summed E-state index contributed by atoms with van der Waals surface area (Å²) in [6.07, 6.45) is 0. The SMILES string of the molecule is CC(C)C(C)C(=O)N(C)C1CNC1.